The number of hydrogen-bond donors (Lipinski definition) is 1. The number of halogens is 1. The minimum atomic E-state index is 0. The molecule has 0 saturated heterocycles. The van der Waals surface area contributed by atoms with Gasteiger partial charge in [-0.25, -0.2) is 4.99 Å². The van der Waals surface area contributed by atoms with Gasteiger partial charge in [0.15, 0.2) is 5.96 Å². The van der Waals surface area contributed by atoms with Gasteiger partial charge in [-0.1, -0.05) is 18.2 Å². The van der Waals surface area contributed by atoms with Gasteiger partial charge in [0, 0.05) is 13.1 Å². The second kappa shape index (κ2) is 9.85. The average molecular weight is 391 g/mol. The molecular formula is C15H26IN3O. The minimum absolute atomic E-state index is 0. The Kier molecular flexibility index (Phi) is 9.37. The number of guanidine groups is 1. The molecule has 1 rings (SSSR count). The molecule has 1 atom stereocenters. The van der Waals surface area contributed by atoms with E-state index in [9.17, 15) is 0 Å². The fourth-order valence-corrected chi connectivity index (χ4v) is 1.81. The number of aryl methyl sites for hydroxylation is 1. The monoisotopic (exact) mass is 391 g/mol. The van der Waals surface area contributed by atoms with E-state index >= 15 is 0 Å². The normalized spacial score (nSPS) is 12.5. The van der Waals surface area contributed by atoms with E-state index in [4.69, 9.17) is 10.5 Å². The Labute approximate surface area is 139 Å². The molecule has 0 spiro atoms. The second-order valence-electron chi connectivity index (χ2n) is 4.57. The Morgan fingerprint density at radius 1 is 1.30 bits per heavy atom. The Morgan fingerprint density at radius 2 is 1.90 bits per heavy atom. The fraction of sp³-hybridized carbons (Fsp3) is 0.533. The maximum Gasteiger partial charge on any atom is 0.191 e. The predicted molar refractivity (Wildman–Crippen MR) is 96.1 cm³/mol. The third-order valence-corrected chi connectivity index (χ3v) is 3.02. The molecule has 114 valence electrons. The van der Waals surface area contributed by atoms with Crippen molar-refractivity contribution in [1.29, 1.82) is 0 Å². The van der Waals surface area contributed by atoms with Crippen molar-refractivity contribution in [3.63, 3.8) is 0 Å². The molecule has 0 radical (unpaired) electrons. The summed E-state index contributed by atoms with van der Waals surface area (Å²) in [6.45, 7) is 10.5. The van der Waals surface area contributed by atoms with Gasteiger partial charge in [-0.15, -0.1) is 24.0 Å². The van der Waals surface area contributed by atoms with E-state index in [0.717, 1.165) is 24.4 Å². The number of rotatable bonds is 6. The maximum atomic E-state index is 5.93. The highest BCUT2D eigenvalue weighted by molar-refractivity contribution is 14.0. The third-order valence-electron chi connectivity index (χ3n) is 3.02. The highest BCUT2D eigenvalue weighted by Gasteiger charge is 2.07. The molecule has 0 heterocycles. The Bertz CT molecular complexity index is 419. The molecule has 1 unspecified atom stereocenters. The average Bonchev–Trinajstić information content (AvgIpc) is 2.40. The molecule has 1 aromatic carbocycles. The van der Waals surface area contributed by atoms with Crippen molar-refractivity contribution in [3.8, 4) is 5.75 Å². The van der Waals surface area contributed by atoms with E-state index in [2.05, 4.69) is 18.8 Å². The summed E-state index contributed by atoms with van der Waals surface area (Å²) in [5, 5.41) is 0. The zero-order valence-corrected chi connectivity index (χ0v) is 15.1. The van der Waals surface area contributed by atoms with Crippen LogP contribution >= 0.6 is 24.0 Å². The van der Waals surface area contributed by atoms with E-state index in [1.807, 2.05) is 43.0 Å². The third kappa shape index (κ3) is 5.98. The summed E-state index contributed by atoms with van der Waals surface area (Å²) in [6.07, 6.45) is 0.00946. The molecule has 5 heteroatoms. The van der Waals surface area contributed by atoms with Gasteiger partial charge in [-0.3, -0.25) is 0 Å². The molecule has 0 aliphatic carbocycles. The maximum absolute atomic E-state index is 5.93. The number of nitrogens with zero attached hydrogens (tertiary/aromatic N) is 2. The highest BCUT2D eigenvalue weighted by atomic mass is 127. The van der Waals surface area contributed by atoms with Crippen LogP contribution in [0.4, 0.5) is 0 Å². The summed E-state index contributed by atoms with van der Waals surface area (Å²) < 4.78 is 5.86. The molecule has 0 aliphatic heterocycles. The van der Waals surface area contributed by atoms with E-state index < -0.39 is 0 Å². The molecule has 4 nitrogen and oxygen atoms in total. The lowest BCUT2D eigenvalue weighted by molar-refractivity contribution is 0.228. The number of hydrogen-bond acceptors (Lipinski definition) is 2. The molecule has 0 fully saturated rings. The quantitative estimate of drug-likeness (QED) is 0.461. The molecule has 2 N–H and O–H groups in total. The Hall–Kier alpha value is -0.980. The van der Waals surface area contributed by atoms with Crippen molar-refractivity contribution in [2.45, 2.75) is 33.8 Å². The van der Waals surface area contributed by atoms with Crippen LogP contribution in [0, 0.1) is 6.92 Å². The summed E-state index contributed by atoms with van der Waals surface area (Å²) in [5.41, 5.74) is 7.07. The van der Waals surface area contributed by atoms with Crippen molar-refractivity contribution >= 4 is 29.9 Å². The molecule has 0 amide bonds. The number of ether oxygens (including phenoxy) is 1. The summed E-state index contributed by atoms with van der Waals surface area (Å²) in [4.78, 5) is 6.42. The van der Waals surface area contributed by atoms with Crippen molar-refractivity contribution in [2.75, 3.05) is 19.6 Å². The van der Waals surface area contributed by atoms with Crippen LogP contribution < -0.4 is 10.5 Å². The first-order valence-corrected chi connectivity index (χ1v) is 6.85. The fourth-order valence-electron chi connectivity index (χ4n) is 1.81. The molecule has 0 aromatic heterocycles. The summed E-state index contributed by atoms with van der Waals surface area (Å²) in [5.74, 6) is 1.50. The van der Waals surface area contributed by atoms with Gasteiger partial charge in [-0.2, -0.15) is 0 Å². The van der Waals surface area contributed by atoms with Crippen LogP contribution in [-0.2, 0) is 0 Å². The standard InChI is InChI=1S/C15H25N3O.HI/c1-5-18(6-2)15(16)17-11-13(4)19-14-10-8-7-9-12(14)3;/h7-10,13H,5-6,11H2,1-4H3,(H2,16,17);1H. The first-order chi connectivity index (χ1) is 9.08. The number of para-hydroxylation sites is 1. The summed E-state index contributed by atoms with van der Waals surface area (Å²) >= 11 is 0. The smallest absolute Gasteiger partial charge is 0.191 e. The van der Waals surface area contributed by atoms with Crippen LogP contribution in [0.15, 0.2) is 29.3 Å². The van der Waals surface area contributed by atoms with E-state index in [1.54, 1.807) is 0 Å². The molecule has 0 aliphatic rings. The second-order valence-corrected chi connectivity index (χ2v) is 4.57. The van der Waals surface area contributed by atoms with Crippen molar-refractivity contribution in [1.82, 2.24) is 4.90 Å². The van der Waals surface area contributed by atoms with Gasteiger partial charge in [0.2, 0.25) is 0 Å². The van der Waals surface area contributed by atoms with Crippen molar-refractivity contribution < 1.29 is 4.74 Å². The topological polar surface area (TPSA) is 50.8 Å². The van der Waals surface area contributed by atoms with E-state index in [0.29, 0.717) is 12.5 Å². The number of benzene rings is 1. The van der Waals surface area contributed by atoms with Gasteiger partial charge in [-0.05, 0) is 39.3 Å². The highest BCUT2D eigenvalue weighted by Crippen LogP contribution is 2.17. The number of aliphatic imine (C=N–C) groups is 1. The molecule has 0 bridgehead atoms. The largest absolute Gasteiger partial charge is 0.489 e. The lowest BCUT2D eigenvalue weighted by Crippen LogP contribution is -2.37. The van der Waals surface area contributed by atoms with Gasteiger partial charge < -0.3 is 15.4 Å². The minimum Gasteiger partial charge on any atom is -0.489 e. The lowest BCUT2D eigenvalue weighted by atomic mass is 10.2. The van der Waals surface area contributed by atoms with Crippen LogP contribution in [0.3, 0.4) is 0 Å². The van der Waals surface area contributed by atoms with Crippen LogP contribution in [0.25, 0.3) is 0 Å². The Balaban J connectivity index is 0.00000361. The molecular weight excluding hydrogens is 365 g/mol. The van der Waals surface area contributed by atoms with Gasteiger partial charge in [0.25, 0.3) is 0 Å². The van der Waals surface area contributed by atoms with Crippen LogP contribution in [0.5, 0.6) is 5.75 Å². The summed E-state index contributed by atoms with van der Waals surface area (Å²) in [7, 11) is 0. The Morgan fingerprint density at radius 3 is 2.45 bits per heavy atom. The number of nitrogens with two attached hydrogens (primary N) is 1. The van der Waals surface area contributed by atoms with Gasteiger partial charge in [0.05, 0.1) is 6.54 Å². The molecule has 0 saturated carbocycles. The zero-order chi connectivity index (χ0) is 14.3. The van der Waals surface area contributed by atoms with Crippen molar-refractivity contribution in [2.24, 2.45) is 10.7 Å². The first-order valence-electron chi connectivity index (χ1n) is 6.85. The zero-order valence-electron chi connectivity index (χ0n) is 12.8. The lowest BCUT2D eigenvalue weighted by Gasteiger charge is -2.20. The molecule has 20 heavy (non-hydrogen) atoms. The SMILES string of the molecule is CCN(CC)C(N)=NCC(C)Oc1ccccc1C.I. The van der Waals surface area contributed by atoms with Crippen LogP contribution in [0.1, 0.15) is 26.3 Å². The van der Waals surface area contributed by atoms with Crippen molar-refractivity contribution in [3.05, 3.63) is 29.8 Å². The van der Waals surface area contributed by atoms with E-state index in [1.165, 1.54) is 0 Å². The van der Waals surface area contributed by atoms with Crippen LogP contribution in [0.2, 0.25) is 0 Å². The van der Waals surface area contributed by atoms with E-state index in [-0.39, 0.29) is 30.1 Å². The van der Waals surface area contributed by atoms with Gasteiger partial charge >= 0.3 is 0 Å². The van der Waals surface area contributed by atoms with Crippen LogP contribution in [-0.4, -0.2) is 36.6 Å². The first kappa shape index (κ1) is 19.0. The summed E-state index contributed by atoms with van der Waals surface area (Å²) in [6, 6.07) is 7.99. The van der Waals surface area contributed by atoms with Gasteiger partial charge in [0.1, 0.15) is 11.9 Å². The molecule has 1 aromatic rings. The predicted octanol–water partition coefficient (Wildman–Crippen LogP) is 3.04.